The number of hydrogen-bond acceptors (Lipinski definition) is 9. The van der Waals surface area contributed by atoms with Crippen molar-refractivity contribution in [2.24, 2.45) is 4.99 Å². The van der Waals surface area contributed by atoms with Crippen molar-refractivity contribution in [1.82, 2.24) is 10.3 Å². The van der Waals surface area contributed by atoms with Crippen LogP contribution in [0, 0.1) is 22.8 Å². The molecule has 0 radical (unpaired) electrons. The van der Waals surface area contributed by atoms with Crippen LogP contribution in [0.15, 0.2) is 34.2 Å². The van der Waals surface area contributed by atoms with Crippen LogP contribution in [0.4, 0.5) is 30.5 Å². The van der Waals surface area contributed by atoms with Crippen LogP contribution in [-0.2, 0) is 0 Å². The number of anilines is 3. The molecule has 12 heteroatoms. The Morgan fingerprint density at radius 2 is 1.93 bits per heavy atom. The summed E-state index contributed by atoms with van der Waals surface area (Å²) in [6.45, 7) is 0. The van der Waals surface area contributed by atoms with E-state index >= 15 is 0 Å². The number of pyridine rings is 1. The third-order valence-corrected chi connectivity index (χ3v) is 4.62. The monoisotopic (exact) mass is 404 g/mol. The zero-order valence-electron chi connectivity index (χ0n) is 13.9. The Balaban J connectivity index is 2.25. The Kier molecular flexibility index (Phi) is 4.90. The smallest absolute Gasteiger partial charge is 0.397 e. The van der Waals surface area contributed by atoms with Crippen molar-refractivity contribution in [2.45, 2.75) is 16.4 Å². The van der Waals surface area contributed by atoms with E-state index in [2.05, 4.69) is 20.6 Å². The van der Waals surface area contributed by atoms with Crippen molar-refractivity contribution >= 4 is 35.0 Å². The molecule has 0 spiro atoms. The Morgan fingerprint density at radius 1 is 1.21 bits per heavy atom. The number of nitrogens with one attached hydrogen (secondary N) is 2. The predicted molar refractivity (Wildman–Crippen MR) is 97.8 cm³/mol. The molecule has 1 aromatic carbocycles. The van der Waals surface area contributed by atoms with Gasteiger partial charge in [-0.3, -0.25) is 5.32 Å². The van der Waals surface area contributed by atoms with Crippen LogP contribution in [0.3, 0.4) is 0 Å². The van der Waals surface area contributed by atoms with E-state index in [4.69, 9.17) is 16.7 Å². The molecule has 1 atom stereocenters. The summed E-state index contributed by atoms with van der Waals surface area (Å²) in [6.07, 6.45) is 1.67. The maximum absolute atomic E-state index is 13.0. The summed E-state index contributed by atoms with van der Waals surface area (Å²) < 4.78 is 39.0. The van der Waals surface area contributed by atoms with Crippen LogP contribution in [0.5, 0.6) is 0 Å². The lowest BCUT2D eigenvalue weighted by Crippen LogP contribution is -2.33. The molecule has 1 aliphatic rings. The van der Waals surface area contributed by atoms with E-state index in [0.717, 1.165) is 0 Å². The predicted octanol–water partition coefficient (Wildman–Crippen LogP) is 2.67. The number of benzene rings is 1. The first-order chi connectivity index (χ1) is 13.2. The van der Waals surface area contributed by atoms with Gasteiger partial charge in [-0.15, -0.1) is 0 Å². The molecule has 2 heterocycles. The number of rotatable bonds is 2. The SMILES string of the molecule is N#CNC1=NC(c2ccccc2SC(F)(F)F)c2c(nc(N)c(C#N)c2N)N1. The van der Waals surface area contributed by atoms with Crippen molar-refractivity contribution in [2.75, 3.05) is 16.8 Å². The first kappa shape index (κ1) is 19.1. The number of halogens is 3. The molecular formula is C16H11F3N8S. The van der Waals surface area contributed by atoms with Gasteiger partial charge in [-0.25, -0.2) is 9.98 Å². The maximum Gasteiger partial charge on any atom is 0.446 e. The van der Waals surface area contributed by atoms with E-state index in [9.17, 15) is 18.4 Å². The minimum absolute atomic E-state index is 0.0391. The zero-order chi connectivity index (χ0) is 20.5. The number of nitrogen functional groups attached to an aromatic ring is 2. The molecule has 1 aromatic heterocycles. The van der Waals surface area contributed by atoms with Crippen LogP contribution >= 0.6 is 11.8 Å². The summed E-state index contributed by atoms with van der Waals surface area (Å²) >= 11 is -0.297. The first-order valence-corrected chi connectivity index (χ1v) is 8.40. The third kappa shape index (κ3) is 3.58. The standard InChI is InChI=1S/C16H11F3N8S/c17-16(18,19)28-9-4-2-1-3-7(9)12-10-11(22)8(5-20)13(23)26-14(10)27-15(25-12)24-6-21/h1-4,12H,(H6,22,23,24,25,26,27). The van der Waals surface area contributed by atoms with Gasteiger partial charge in [0.2, 0.25) is 5.96 Å². The fourth-order valence-electron chi connectivity index (χ4n) is 2.73. The Morgan fingerprint density at radius 3 is 2.57 bits per heavy atom. The summed E-state index contributed by atoms with van der Waals surface area (Å²) in [4.78, 5) is 8.23. The lowest BCUT2D eigenvalue weighted by Gasteiger charge is -2.27. The van der Waals surface area contributed by atoms with Crippen LogP contribution in [-0.4, -0.2) is 16.5 Å². The fraction of sp³-hybridized carbons (Fsp3) is 0.125. The number of thioether (sulfide) groups is 1. The van der Waals surface area contributed by atoms with Crippen molar-refractivity contribution in [1.29, 1.82) is 10.5 Å². The lowest BCUT2D eigenvalue weighted by molar-refractivity contribution is -0.0328. The number of nitrogens with two attached hydrogens (primary N) is 2. The van der Waals surface area contributed by atoms with Crippen molar-refractivity contribution in [3.63, 3.8) is 0 Å². The van der Waals surface area contributed by atoms with Gasteiger partial charge in [-0.05, 0) is 23.4 Å². The molecule has 1 unspecified atom stereocenters. The quantitative estimate of drug-likeness (QED) is 0.339. The Hall–Kier alpha value is -3.64. The summed E-state index contributed by atoms with van der Waals surface area (Å²) in [5, 5.41) is 23.2. The Bertz CT molecular complexity index is 1050. The van der Waals surface area contributed by atoms with Crippen molar-refractivity contribution < 1.29 is 13.2 Å². The average molecular weight is 404 g/mol. The van der Waals surface area contributed by atoms with Crippen molar-refractivity contribution in [3.8, 4) is 12.3 Å². The topological polar surface area (TPSA) is 149 Å². The molecule has 142 valence electrons. The van der Waals surface area contributed by atoms with Crippen LogP contribution in [0.1, 0.15) is 22.7 Å². The normalized spacial score (nSPS) is 15.5. The van der Waals surface area contributed by atoms with Gasteiger partial charge in [0, 0.05) is 10.5 Å². The highest BCUT2D eigenvalue weighted by Crippen LogP contribution is 2.46. The number of hydrogen-bond donors (Lipinski definition) is 4. The molecule has 2 aromatic rings. The van der Waals surface area contributed by atoms with E-state index in [1.165, 1.54) is 18.2 Å². The highest BCUT2D eigenvalue weighted by atomic mass is 32.2. The van der Waals surface area contributed by atoms with E-state index in [1.807, 2.05) is 6.07 Å². The molecule has 0 amide bonds. The van der Waals surface area contributed by atoms with Gasteiger partial charge in [0.25, 0.3) is 0 Å². The summed E-state index contributed by atoms with van der Waals surface area (Å²) in [5.74, 6) is -0.0949. The number of nitrogens with zero attached hydrogens (tertiary/aromatic N) is 4. The van der Waals surface area contributed by atoms with E-state index in [1.54, 1.807) is 12.3 Å². The number of fused-ring (bicyclic) bond motifs is 1. The highest BCUT2D eigenvalue weighted by molar-refractivity contribution is 8.00. The largest absolute Gasteiger partial charge is 0.446 e. The molecule has 0 saturated carbocycles. The minimum Gasteiger partial charge on any atom is -0.397 e. The van der Waals surface area contributed by atoms with E-state index < -0.39 is 11.6 Å². The van der Waals surface area contributed by atoms with Crippen LogP contribution in [0.2, 0.25) is 0 Å². The number of guanidine groups is 1. The zero-order valence-corrected chi connectivity index (χ0v) is 14.7. The van der Waals surface area contributed by atoms with Gasteiger partial charge in [0.15, 0.2) is 6.19 Å². The maximum atomic E-state index is 13.0. The summed E-state index contributed by atoms with van der Waals surface area (Å²) in [6, 6.07) is 6.56. The van der Waals surface area contributed by atoms with Gasteiger partial charge in [0.1, 0.15) is 29.3 Å². The third-order valence-electron chi connectivity index (χ3n) is 3.80. The summed E-state index contributed by atoms with van der Waals surface area (Å²) in [5.41, 5.74) is 7.53. The second kappa shape index (κ2) is 7.17. The van der Waals surface area contributed by atoms with Gasteiger partial charge < -0.3 is 16.8 Å². The fourth-order valence-corrected chi connectivity index (χ4v) is 3.42. The molecule has 8 nitrogen and oxygen atoms in total. The van der Waals surface area contributed by atoms with Crippen LogP contribution in [0.25, 0.3) is 0 Å². The molecule has 1 aliphatic heterocycles. The second-order valence-electron chi connectivity index (χ2n) is 5.49. The van der Waals surface area contributed by atoms with Gasteiger partial charge >= 0.3 is 5.51 Å². The highest BCUT2D eigenvalue weighted by Gasteiger charge is 2.35. The molecular weight excluding hydrogens is 393 g/mol. The molecule has 6 N–H and O–H groups in total. The van der Waals surface area contributed by atoms with Crippen molar-refractivity contribution in [3.05, 3.63) is 41.0 Å². The van der Waals surface area contributed by atoms with E-state index in [-0.39, 0.29) is 56.6 Å². The molecule has 0 aliphatic carbocycles. The number of aromatic nitrogens is 1. The number of alkyl halides is 3. The van der Waals surface area contributed by atoms with E-state index in [0.29, 0.717) is 0 Å². The second-order valence-corrected chi connectivity index (χ2v) is 6.59. The summed E-state index contributed by atoms with van der Waals surface area (Å²) in [7, 11) is 0. The van der Waals surface area contributed by atoms with Crippen LogP contribution < -0.4 is 22.1 Å². The molecule has 0 saturated heterocycles. The molecule has 3 rings (SSSR count). The average Bonchev–Trinajstić information content (AvgIpc) is 2.60. The lowest BCUT2D eigenvalue weighted by atomic mass is 9.95. The number of aliphatic imine (C=N–C) groups is 1. The van der Waals surface area contributed by atoms with Gasteiger partial charge in [0.05, 0.1) is 5.69 Å². The number of nitriles is 2. The molecule has 0 fully saturated rings. The Labute approximate surface area is 161 Å². The molecule has 28 heavy (non-hydrogen) atoms. The molecule has 0 bridgehead atoms. The van der Waals surface area contributed by atoms with Gasteiger partial charge in [-0.1, -0.05) is 18.2 Å². The minimum atomic E-state index is -4.52. The van der Waals surface area contributed by atoms with Gasteiger partial charge in [-0.2, -0.15) is 23.7 Å². The first-order valence-electron chi connectivity index (χ1n) is 7.58.